The summed E-state index contributed by atoms with van der Waals surface area (Å²) in [5, 5.41) is 4.71. The summed E-state index contributed by atoms with van der Waals surface area (Å²) in [6.07, 6.45) is 7.19. The van der Waals surface area contributed by atoms with Gasteiger partial charge in [-0.3, -0.25) is 0 Å². The normalized spacial score (nSPS) is 12.9. The molecule has 0 saturated carbocycles. The van der Waals surface area contributed by atoms with E-state index in [2.05, 4.69) is 145 Å². The van der Waals surface area contributed by atoms with E-state index in [0.29, 0.717) is 0 Å². The van der Waals surface area contributed by atoms with Gasteiger partial charge in [0.05, 0.1) is 0 Å². The van der Waals surface area contributed by atoms with Gasteiger partial charge in [0.15, 0.2) is 0 Å². The Hall–Kier alpha value is -7.10. The van der Waals surface area contributed by atoms with E-state index in [1.807, 2.05) is 97.1 Å². The van der Waals surface area contributed by atoms with Crippen LogP contribution in [0.4, 0.5) is 0 Å². The van der Waals surface area contributed by atoms with E-state index in [4.69, 9.17) is 9.97 Å². The summed E-state index contributed by atoms with van der Waals surface area (Å²) in [5.74, 6) is 0. The molecule has 2 aliphatic rings. The zero-order chi connectivity index (χ0) is 46.2. The first-order chi connectivity index (χ1) is 33.3. The Balaban J connectivity index is 0.000000119. The van der Waals surface area contributed by atoms with Crippen LogP contribution < -0.4 is 9.97 Å². The van der Waals surface area contributed by atoms with Gasteiger partial charge in [0.1, 0.15) is 0 Å². The largest absolute Gasteiger partial charge is 2.00 e. The maximum atomic E-state index is 4.70. The first-order valence-corrected chi connectivity index (χ1v) is 22.9. The van der Waals surface area contributed by atoms with Crippen LogP contribution in [0.1, 0.15) is 49.9 Å². The van der Waals surface area contributed by atoms with Crippen molar-refractivity contribution in [1.29, 1.82) is 0 Å². The van der Waals surface area contributed by atoms with Crippen molar-refractivity contribution in [2.45, 2.75) is 38.5 Å². The monoisotopic (exact) mass is 1260 g/mol. The smallest absolute Gasteiger partial charge is 0.442 e. The summed E-state index contributed by atoms with van der Waals surface area (Å²) in [5.41, 5.74) is 18.7. The third kappa shape index (κ3) is 8.88. The summed E-state index contributed by atoms with van der Waals surface area (Å²) in [7, 11) is 0. The van der Waals surface area contributed by atoms with Crippen LogP contribution in [-0.2, 0) is 53.0 Å². The number of aromatic nitrogens is 6. The van der Waals surface area contributed by atoms with E-state index in [1.54, 1.807) is 24.8 Å². The summed E-state index contributed by atoms with van der Waals surface area (Å²) < 4.78 is 0. The third-order valence-electron chi connectivity index (χ3n) is 13.3. The van der Waals surface area contributed by atoms with Crippen molar-refractivity contribution < 1.29 is 42.1 Å². The van der Waals surface area contributed by atoms with E-state index in [0.717, 1.165) is 55.6 Å². The number of hydrogen-bond acceptors (Lipinski definition) is 4. The molecule has 344 valence electrons. The van der Waals surface area contributed by atoms with Gasteiger partial charge in [-0.2, -0.15) is 0 Å². The first-order valence-electron chi connectivity index (χ1n) is 22.9. The topological polar surface area (TPSA) is 79.8 Å². The molecule has 0 atom stereocenters. The predicted octanol–water partition coefficient (Wildman–Crippen LogP) is 14.4. The van der Waals surface area contributed by atoms with Gasteiger partial charge in [0.2, 0.25) is 0 Å². The van der Waals surface area contributed by atoms with Crippen LogP contribution in [0, 0.1) is 12.1 Å². The van der Waals surface area contributed by atoms with Gasteiger partial charge >= 0.3 is 42.1 Å². The molecule has 12 aromatic rings. The Morgan fingerprint density at radius 3 is 1.16 bits per heavy atom. The standard InChI is InChI=1S/2C20H15N2.2C11H8N.2Pt/c2*1-20(2)16-8-4-3-6-12(16)14-11-18-15(10-17(14)20)13-7-5-9-21-19(13)22-18;2*1-2-6-10(7-3-1)11-8-4-5-9-12-11;;/h2*3-11H,1-2H3;2*1-6,8-9H;;/q4*-1;2*+2. The molecule has 14 rings (SSSR count). The molecule has 0 unspecified atom stereocenters. The number of pyridine rings is 4. The third-order valence-corrected chi connectivity index (χ3v) is 13.3. The van der Waals surface area contributed by atoms with Crippen molar-refractivity contribution in [3.63, 3.8) is 0 Å². The molecule has 0 spiro atoms. The zero-order valence-corrected chi connectivity index (χ0v) is 43.5. The molecule has 6 aromatic heterocycles. The predicted molar refractivity (Wildman–Crippen MR) is 277 cm³/mol. The summed E-state index contributed by atoms with van der Waals surface area (Å²) in [4.78, 5) is 26.6. The number of nitrogens with zero attached hydrogens (tertiary/aromatic N) is 6. The maximum Gasteiger partial charge on any atom is 2.00 e. The van der Waals surface area contributed by atoms with Gasteiger partial charge < -0.3 is 29.9 Å². The Kier molecular flexibility index (Phi) is 13.8. The summed E-state index contributed by atoms with van der Waals surface area (Å²) in [6, 6.07) is 68.3. The van der Waals surface area contributed by atoms with E-state index >= 15 is 0 Å². The quantitative estimate of drug-likeness (QED) is 0.160. The van der Waals surface area contributed by atoms with E-state index in [-0.39, 0.29) is 53.0 Å². The first kappa shape index (κ1) is 47.9. The molecule has 6 aromatic carbocycles. The molecule has 0 saturated heterocycles. The minimum absolute atomic E-state index is 0. The number of rotatable bonds is 2. The summed E-state index contributed by atoms with van der Waals surface area (Å²) >= 11 is 0. The van der Waals surface area contributed by atoms with Gasteiger partial charge in [-0.1, -0.05) is 161 Å². The van der Waals surface area contributed by atoms with Crippen molar-refractivity contribution in [2.75, 3.05) is 0 Å². The van der Waals surface area contributed by atoms with Crippen LogP contribution >= 0.6 is 0 Å². The molecule has 6 heterocycles. The Morgan fingerprint density at radius 2 is 0.757 bits per heavy atom. The number of benzene rings is 6. The molecule has 8 heteroatoms. The second-order valence-electron chi connectivity index (χ2n) is 18.1. The number of fused-ring (bicyclic) bond motifs is 12. The van der Waals surface area contributed by atoms with E-state index in [9.17, 15) is 0 Å². The Bertz CT molecular complexity index is 3410. The molecule has 0 amide bonds. The minimum Gasteiger partial charge on any atom is -0.442 e. The van der Waals surface area contributed by atoms with Gasteiger partial charge in [-0.25, -0.2) is 0 Å². The fraction of sp³-hybridized carbons (Fsp3) is 0.0968. The van der Waals surface area contributed by atoms with Crippen LogP contribution in [0.2, 0.25) is 0 Å². The molecular formula is C62H46N6Pt2. The second-order valence-corrected chi connectivity index (χ2v) is 18.1. The van der Waals surface area contributed by atoms with Crippen molar-refractivity contribution in [3.05, 3.63) is 241 Å². The molecule has 70 heavy (non-hydrogen) atoms. The van der Waals surface area contributed by atoms with Gasteiger partial charge in [-0.05, 0) is 113 Å². The molecule has 0 aliphatic heterocycles. The Labute approximate surface area is 437 Å². The minimum atomic E-state index is 0. The number of hydrogen-bond donors (Lipinski definition) is 0. The van der Waals surface area contributed by atoms with E-state index < -0.39 is 0 Å². The SMILES string of the molecule is CC1(C)c2ccccc2-c2cc3[n-]c4ncccc4c3cc21.CC1(C)c2ccccc2-c2cc3[n-]c4ncccc4c3cc21.[Pt+2].[Pt+2].[c-]1ccccc1-c1ccccn1.[c-]1ccccc1-c1ccccn1. The fourth-order valence-electron chi connectivity index (χ4n) is 9.86. The molecule has 6 nitrogen and oxygen atoms in total. The molecule has 2 aliphatic carbocycles. The van der Waals surface area contributed by atoms with E-state index in [1.165, 1.54) is 55.3 Å². The van der Waals surface area contributed by atoms with Crippen LogP contribution in [0.5, 0.6) is 0 Å². The summed E-state index contributed by atoms with van der Waals surface area (Å²) in [6.45, 7) is 9.22. The van der Waals surface area contributed by atoms with Crippen LogP contribution in [0.25, 0.3) is 88.6 Å². The van der Waals surface area contributed by atoms with Crippen molar-refractivity contribution in [3.8, 4) is 44.8 Å². The van der Waals surface area contributed by atoms with Crippen LogP contribution in [0.3, 0.4) is 0 Å². The molecule has 0 bridgehead atoms. The molecule has 0 radical (unpaired) electrons. The van der Waals surface area contributed by atoms with Gasteiger partial charge in [-0.15, -0.1) is 71.8 Å². The average Bonchev–Trinajstić information content (AvgIpc) is 4.09. The van der Waals surface area contributed by atoms with Crippen LogP contribution in [0.15, 0.2) is 207 Å². The van der Waals surface area contributed by atoms with Crippen LogP contribution in [-0.4, -0.2) is 19.9 Å². The van der Waals surface area contributed by atoms with Gasteiger partial charge in [0.25, 0.3) is 0 Å². The average molecular weight is 1270 g/mol. The van der Waals surface area contributed by atoms with Crippen molar-refractivity contribution >= 4 is 43.9 Å². The molecule has 0 N–H and O–H groups in total. The van der Waals surface area contributed by atoms with Crippen molar-refractivity contribution in [2.24, 2.45) is 0 Å². The molecular weight excluding hydrogens is 1220 g/mol. The maximum absolute atomic E-state index is 4.70. The fourth-order valence-corrected chi connectivity index (χ4v) is 9.86. The second kappa shape index (κ2) is 20.1. The zero-order valence-electron chi connectivity index (χ0n) is 38.9. The Morgan fingerprint density at radius 1 is 0.357 bits per heavy atom. The van der Waals surface area contributed by atoms with Crippen molar-refractivity contribution in [1.82, 2.24) is 29.9 Å². The molecule has 0 fully saturated rings. The van der Waals surface area contributed by atoms with Gasteiger partial charge in [0, 0.05) is 23.2 Å².